The van der Waals surface area contributed by atoms with Gasteiger partial charge in [-0.25, -0.2) is 4.98 Å². The molecule has 0 saturated carbocycles. The molecule has 1 aliphatic heterocycles. The number of rotatable bonds is 3. The summed E-state index contributed by atoms with van der Waals surface area (Å²) in [6.45, 7) is 4.74. The van der Waals surface area contributed by atoms with Crippen LogP contribution in [0.5, 0.6) is 0 Å². The normalized spacial score (nSPS) is 13.9. The van der Waals surface area contributed by atoms with E-state index in [1.807, 2.05) is 32.2 Å². The molecule has 4 nitrogen and oxygen atoms in total. The first-order valence-electron chi connectivity index (χ1n) is 7.77. The Labute approximate surface area is 131 Å². The molecule has 1 amide bonds. The number of nitrogens with one attached hydrogen (secondary N) is 1. The smallest absolute Gasteiger partial charge is 0.228 e. The zero-order chi connectivity index (χ0) is 15.5. The highest BCUT2D eigenvalue weighted by molar-refractivity contribution is 5.91. The van der Waals surface area contributed by atoms with Crippen LogP contribution in [0.2, 0.25) is 0 Å². The number of amides is 1. The zero-order valence-electron chi connectivity index (χ0n) is 13.0. The van der Waals surface area contributed by atoms with Gasteiger partial charge in [0.1, 0.15) is 5.82 Å². The number of aryl methyl sites for hydroxylation is 1. The Kier molecular flexibility index (Phi) is 4.09. The highest BCUT2D eigenvalue weighted by Crippen LogP contribution is 2.33. The van der Waals surface area contributed by atoms with Gasteiger partial charge in [-0.2, -0.15) is 0 Å². The number of benzene rings is 1. The van der Waals surface area contributed by atoms with E-state index in [0.717, 1.165) is 25.1 Å². The molecule has 0 saturated heterocycles. The molecule has 2 aromatic rings. The lowest BCUT2D eigenvalue weighted by atomic mass is 10.0. The number of para-hydroxylation sites is 1. The van der Waals surface area contributed by atoms with Crippen LogP contribution in [0.3, 0.4) is 0 Å². The Morgan fingerprint density at radius 1 is 1.23 bits per heavy atom. The van der Waals surface area contributed by atoms with E-state index in [2.05, 4.69) is 39.5 Å². The summed E-state index contributed by atoms with van der Waals surface area (Å²) in [6, 6.07) is 12.4. The molecule has 2 heterocycles. The maximum atomic E-state index is 11.7. The quantitative estimate of drug-likeness (QED) is 0.937. The van der Waals surface area contributed by atoms with Gasteiger partial charge in [0.25, 0.3) is 0 Å². The Morgan fingerprint density at radius 3 is 2.77 bits per heavy atom. The minimum Gasteiger partial charge on any atom is -0.340 e. The number of aromatic nitrogens is 1. The molecular weight excluding hydrogens is 274 g/mol. The molecule has 1 aromatic carbocycles. The number of pyridine rings is 1. The predicted molar refractivity (Wildman–Crippen MR) is 89.5 cm³/mol. The summed E-state index contributed by atoms with van der Waals surface area (Å²) in [6.07, 6.45) is 4.10. The summed E-state index contributed by atoms with van der Waals surface area (Å²) >= 11 is 0. The first-order chi connectivity index (χ1) is 10.6. The van der Waals surface area contributed by atoms with Crippen LogP contribution < -0.4 is 10.2 Å². The van der Waals surface area contributed by atoms with Crippen LogP contribution in [0, 0.1) is 5.92 Å². The van der Waals surface area contributed by atoms with E-state index in [9.17, 15) is 4.79 Å². The molecule has 0 aliphatic carbocycles. The van der Waals surface area contributed by atoms with Crippen molar-refractivity contribution in [3.8, 4) is 0 Å². The number of nitrogens with zero attached hydrogens (tertiary/aromatic N) is 2. The van der Waals surface area contributed by atoms with Gasteiger partial charge in [0.05, 0.1) is 11.9 Å². The van der Waals surface area contributed by atoms with Crippen molar-refractivity contribution in [2.24, 2.45) is 5.92 Å². The lowest BCUT2D eigenvalue weighted by Gasteiger charge is -2.31. The van der Waals surface area contributed by atoms with Gasteiger partial charge in [-0.3, -0.25) is 4.79 Å². The maximum Gasteiger partial charge on any atom is 0.228 e. The molecule has 1 aliphatic rings. The van der Waals surface area contributed by atoms with Gasteiger partial charge in [-0.05, 0) is 36.6 Å². The van der Waals surface area contributed by atoms with E-state index in [-0.39, 0.29) is 11.8 Å². The summed E-state index contributed by atoms with van der Waals surface area (Å²) in [7, 11) is 0. The Morgan fingerprint density at radius 2 is 2.05 bits per heavy atom. The van der Waals surface area contributed by atoms with Crippen molar-refractivity contribution < 1.29 is 4.79 Å². The van der Waals surface area contributed by atoms with Crippen LogP contribution in [0.15, 0.2) is 42.6 Å². The summed E-state index contributed by atoms with van der Waals surface area (Å²) < 4.78 is 0. The van der Waals surface area contributed by atoms with E-state index < -0.39 is 0 Å². The van der Waals surface area contributed by atoms with Crippen molar-refractivity contribution in [3.05, 3.63) is 48.2 Å². The molecule has 3 rings (SSSR count). The topological polar surface area (TPSA) is 45.2 Å². The molecule has 1 aromatic heterocycles. The second-order valence-corrected chi connectivity index (χ2v) is 5.93. The molecule has 0 bridgehead atoms. The first kappa shape index (κ1) is 14.6. The van der Waals surface area contributed by atoms with Gasteiger partial charge in [-0.15, -0.1) is 0 Å². The molecule has 0 spiro atoms. The lowest BCUT2D eigenvalue weighted by Crippen LogP contribution is -2.24. The first-order valence-corrected chi connectivity index (χ1v) is 7.77. The third-order valence-electron chi connectivity index (χ3n) is 3.95. The Hall–Kier alpha value is -2.36. The average molecular weight is 295 g/mol. The van der Waals surface area contributed by atoms with Crippen molar-refractivity contribution in [1.82, 2.24) is 4.98 Å². The van der Waals surface area contributed by atoms with E-state index in [1.54, 1.807) is 0 Å². The molecule has 0 radical (unpaired) electrons. The molecule has 22 heavy (non-hydrogen) atoms. The van der Waals surface area contributed by atoms with Crippen LogP contribution >= 0.6 is 0 Å². The van der Waals surface area contributed by atoms with Crippen molar-refractivity contribution in [2.45, 2.75) is 26.7 Å². The number of anilines is 3. The zero-order valence-corrected chi connectivity index (χ0v) is 13.0. The second-order valence-electron chi connectivity index (χ2n) is 5.93. The minimum atomic E-state index is -0.0459. The van der Waals surface area contributed by atoms with Crippen LogP contribution in [0.1, 0.15) is 25.8 Å². The van der Waals surface area contributed by atoms with Crippen LogP contribution in [0.25, 0.3) is 0 Å². The number of carbonyl (C=O) groups excluding carboxylic acids is 1. The van der Waals surface area contributed by atoms with Crippen molar-refractivity contribution in [3.63, 3.8) is 0 Å². The molecule has 4 heteroatoms. The Bertz CT molecular complexity index is 664. The van der Waals surface area contributed by atoms with Gasteiger partial charge in [-0.1, -0.05) is 32.0 Å². The van der Waals surface area contributed by atoms with Crippen LogP contribution in [0.4, 0.5) is 17.2 Å². The van der Waals surface area contributed by atoms with E-state index in [4.69, 9.17) is 0 Å². The fourth-order valence-corrected chi connectivity index (χ4v) is 2.69. The monoisotopic (exact) mass is 295 g/mol. The third kappa shape index (κ3) is 2.96. The summed E-state index contributed by atoms with van der Waals surface area (Å²) in [5.74, 6) is 0.548. The Balaban J connectivity index is 1.81. The molecule has 0 unspecified atom stereocenters. The number of hydrogen-bond acceptors (Lipinski definition) is 3. The third-order valence-corrected chi connectivity index (χ3v) is 3.95. The average Bonchev–Trinajstić information content (AvgIpc) is 2.55. The summed E-state index contributed by atoms with van der Waals surface area (Å²) in [4.78, 5) is 18.4. The van der Waals surface area contributed by atoms with Crippen molar-refractivity contribution in [2.75, 3.05) is 16.8 Å². The SMILES string of the molecule is CC(C)C(=O)Nc1ccc(N2CCCc3ccccc32)cn1. The van der Waals surface area contributed by atoms with Crippen LogP contribution in [-0.4, -0.2) is 17.4 Å². The van der Waals surface area contributed by atoms with Gasteiger partial charge >= 0.3 is 0 Å². The van der Waals surface area contributed by atoms with Crippen molar-refractivity contribution in [1.29, 1.82) is 0 Å². The molecule has 0 fully saturated rings. The van der Waals surface area contributed by atoms with Crippen LogP contribution in [-0.2, 0) is 11.2 Å². The van der Waals surface area contributed by atoms with E-state index >= 15 is 0 Å². The molecule has 114 valence electrons. The second kappa shape index (κ2) is 6.18. The largest absolute Gasteiger partial charge is 0.340 e. The predicted octanol–water partition coefficient (Wildman–Crippen LogP) is 3.76. The minimum absolute atomic E-state index is 0.0106. The van der Waals surface area contributed by atoms with Gasteiger partial charge in [0, 0.05) is 18.2 Å². The molecular formula is C18H21N3O. The number of carbonyl (C=O) groups is 1. The standard InChI is InChI=1S/C18H21N3O/c1-13(2)18(22)20-17-10-9-15(12-19-17)21-11-5-7-14-6-3-4-8-16(14)21/h3-4,6,8-10,12-13H,5,7,11H2,1-2H3,(H,19,20,22). The fourth-order valence-electron chi connectivity index (χ4n) is 2.69. The van der Waals surface area contributed by atoms with Gasteiger partial charge < -0.3 is 10.2 Å². The molecule has 1 N–H and O–H groups in total. The van der Waals surface area contributed by atoms with Gasteiger partial charge in [0.2, 0.25) is 5.91 Å². The summed E-state index contributed by atoms with van der Waals surface area (Å²) in [5, 5.41) is 2.82. The highest BCUT2D eigenvalue weighted by atomic mass is 16.1. The number of hydrogen-bond donors (Lipinski definition) is 1. The summed E-state index contributed by atoms with van der Waals surface area (Å²) in [5.41, 5.74) is 3.70. The van der Waals surface area contributed by atoms with E-state index in [0.29, 0.717) is 5.82 Å². The fraction of sp³-hybridized carbons (Fsp3) is 0.333. The lowest BCUT2D eigenvalue weighted by molar-refractivity contribution is -0.118. The maximum absolute atomic E-state index is 11.7. The molecule has 0 atom stereocenters. The van der Waals surface area contributed by atoms with Crippen molar-refractivity contribution >= 4 is 23.1 Å². The van der Waals surface area contributed by atoms with E-state index in [1.165, 1.54) is 11.3 Å². The highest BCUT2D eigenvalue weighted by Gasteiger charge is 2.18. The van der Waals surface area contributed by atoms with Gasteiger partial charge in [0.15, 0.2) is 0 Å². The number of fused-ring (bicyclic) bond motifs is 1.